The molecule has 0 spiro atoms. The highest BCUT2D eigenvalue weighted by molar-refractivity contribution is 6.16. The lowest BCUT2D eigenvalue weighted by Crippen LogP contribution is -2.35. The van der Waals surface area contributed by atoms with Crippen LogP contribution < -0.4 is 15.4 Å². The second-order valence-electron chi connectivity index (χ2n) is 8.28. The normalized spacial score (nSPS) is 14.9. The molecule has 148 valence electrons. The van der Waals surface area contributed by atoms with Crippen LogP contribution in [0.2, 0.25) is 0 Å². The molecular formula is C23H28N2O3. The molecule has 5 nitrogen and oxygen atoms in total. The van der Waals surface area contributed by atoms with Crippen molar-refractivity contribution in [3.05, 3.63) is 54.1 Å². The molecule has 0 unspecified atom stereocenters. The van der Waals surface area contributed by atoms with E-state index in [-0.39, 0.29) is 17.2 Å². The van der Waals surface area contributed by atoms with E-state index < -0.39 is 5.41 Å². The number of rotatable bonds is 6. The van der Waals surface area contributed by atoms with Gasteiger partial charge in [0.2, 0.25) is 11.8 Å². The van der Waals surface area contributed by atoms with Gasteiger partial charge in [-0.25, -0.2) is 0 Å². The van der Waals surface area contributed by atoms with Crippen molar-refractivity contribution in [2.45, 2.75) is 46.0 Å². The largest absolute Gasteiger partial charge is 0.494 e. The Labute approximate surface area is 166 Å². The SMILES string of the molecule is CCOc1ccc(NC(=O)C2(C(=O)Nc3ccc(C(C)(C)C)cc3)CC2)cc1. The molecule has 0 atom stereocenters. The molecule has 0 aromatic heterocycles. The van der Waals surface area contributed by atoms with Gasteiger partial charge in [-0.05, 0) is 67.1 Å². The fourth-order valence-electron chi connectivity index (χ4n) is 3.04. The highest BCUT2D eigenvalue weighted by Gasteiger charge is 2.56. The molecule has 1 aliphatic rings. The first kappa shape index (κ1) is 19.9. The summed E-state index contributed by atoms with van der Waals surface area (Å²) in [7, 11) is 0. The third-order valence-corrected chi connectivity index (χ3v) is 5.05. The number of amides is 2. The molecule has 2 N–H and O–H groups in total. The second-order valence-corrected chi connectivity index (χ2v) is 8.28. The lowest BCUT2D eigenvalue weighted by atomic mass is 9.87. The van der Waals surface area contributed by atoms with Crippen molar-refractivity contribution in [2.24, 2.45) is 5.41 Å². The van der Waals surface area contributed by atoms with Crippen molar-refractivity contribution in [2.75, 3.05) is 17.2 Å². The number of hydrogen-bond acceptors (Lipinski definition) is 3. The predicted molar refractivity (Wildman–Crippen MR) is 112 cm³/mol. The van der Waals surface area contributed by atoms with E-state index in [1.54, 1.807) is 24.3 Å². The second kappa shape index (κ2) is 7.66. The van der Waals surface area contributed by atoms with Gasteiger partial charge in [-0.15, -0.1) is 0 Å². The molecule has 3 rings (SSSR count). The summed E-state index contributed by atoms with van der Waals surface area (Å²) >= 11 is 0. The van der Waals surface area contributed by atoms with Crippen molar-refractivity contribution in [1.82, 2.24) is 0 Å². The van der Waals surface area contributed by atoms with E-state index in [1.807, 2.05) is 31.2 Å². The van der Waals surface area contributed by atoms with Crippen molar-refractivity contribution in [3.8, 4) is 5.75 Å². The van der Waals surface area contributed by atoms with Gasteiger partial charge in [-0.1, -0.05) is 32.9 Å². The molecular weight excluding hydrogens is 352 g/mol. The van der Waals surface area contributed by atoms with Crippen LogP contribution in [0.15, 0.2) is 48.5 Å². The quantitative estimate of drug-likeness (QED) is 0.711. The molecule has 2 aromatic carbocycles. The lowest BCUT2D eigenvalue weighted by molar-refractivity contribution is -0.131. The van der Waals surface area contributed by atoms with Gasteiger partial charge in [-0.3, -0.25) is 9.59 Å². The van der Waals surface area contributed by atoms with E-state index in [0.29, 0.717) is 30.8 Å². The smallest absolute Gasteiger partial charge is 0.240 e. The minimum atomic E-state index is -0.985. The molecule has 0 bridgehead atoms. The number of hydrogen-bond donors (Lipinski definition) is 2. The van der Waals surface area contributed by atoms with Crippen molar-refractivity contribution in [3.63, 3.8) is 0 Å². The van der Waals surface area contributed by atoms with Crippen molar-refractivity contribution < 1.29 is 14.3 Å². The summed E-state index contributed by atoms with van der Waals surface area (Å²) in [5, 5.41) is 5.75. The van der Waals surface area contributed by atoms with Crippen LogP contribution in [0.5, 0.6) is 5.75 Å². The van der Waals surface area contributed by atoms with E-state index in [2.05, 4.69) is 31.4 Å². The van der Waals surface area contributed by atoms with Gasteiger partial charge in [0.1, 0.15) is 11.2 Å². The number of benzene rings is 2. The van der Waals surface area contributed by atoms with Crippen LogP contribution >= 0.6 is 0 Å². The molecule has 0 heterocycles. The number of ether oxygens (including phenoxy) is 1. The Morgan fingerprint density at radius 3 is 1.75 bits per heavy atom. The molecule has 0 aliphatic heterocycles. The van der Waals surface area contributed by atoms with E-state index in [1.165, 1.54) is 5.56 Å². The topological polar surface area (TPSA) is 67.4 Å². The van der Waals surface area contributed by atoms with Gasteiger partial charge < -0.3 is 15.4 Å². The van der Waals surface area contributed by atoms with Gasteiger partial charge in [-0.2, -0.15) is 0 Å². The number of anilines is 2. The Hall–Kier alpha value is -2.82. The third-order valence-electron chi connectivity index (χ3n) is 5.05. The molecule has 1 aliphatic carbocycles. The fraction of sp³-hybridized carbons (Fsp3) is 0.391. The Bertz CT molecular complexity index is 845. The van der Waals surface area contributed by atoms with Crippen LogP contribution in [0.3, 0.4) is 0 Å². The van der Waals surface area contributed by atoms with Crippen LogP contribution in [0.4, 0.5) is 11.4 Å². The fourth-order valence-corrected chi connectivity index (χ4v) is 3.04. The Morgan fingerprint density at radius 2 is 1.36 bits per heavy atom. The third kappa shape index (κ3) is 4.35. The lowest BCUT2D eigenvalue weighted by Gasteiger charge is -2.20. The summed E-state index contributed by atoms with van der Waals surface area (Å²) in [4.78, 5) is 25.5. The summed E-state index contributed by atoms with van der Waals surface area (Å²) in [6, 6.07) is 15.0. The minimum Gasteiger partial charge on any atom is -0.494 e. The predicted octanol–water partition coefficient (Wildman–Crippen LogP) is 4.74. The first-order valence-electron chi connectivity index (χ1n) is 9.71. The van der Waals surface area contributed by atoms with E-state index in [9.17, 15) is 9.59 Å². The highest BCUT2D eigenvalue weighted by Crippen LogP contribution is 2.47. The van der Waals surface area contributed by atoms with Crippen LogP contribution in [0, 0.1) is 5.41 Å². The van der Waals surface area contributed by atoms with Gasteiger partial charge in [0, 0.05) is 11.4 Å². The number of carbonyl (C=O) groups is 2. The molecule has 2 aromatic rings. The maximum Gasteiger partial charge on any atom is 0.240 e. The van der Waals surface area contributed by atoms with E-state index in [0.717, 1.165) is 5.75 Å². The molecule has 0 saturated heterocycles. The van der Waals surface area contributed by atoms with Crippen LogP contribution in [-0.2, 0) is 15.0 Å². The zero-order valence-corrected chi connectivity index (χ0v) is 17.0. The zero-order valence-electron chi connectivity index (χ0n) is 17.0. The molecule has 28 heavy (non-hydrogen) atoms. The van der Waals surface area contributed by atoms with Gasteiger partial charge in [0.05, 0.1) is 6.61 Å². The zero-order chi connectivity index (χ0) is 20.4. The highest BCUT2D eigenvalue weighted by atomic mass is 16.5. The Kier molecular flexibility index (Phi) is 5.45. The molecule has 1 fully saturated rings. The Morgan fingerprint density at radius 1 is 0.893 bits per heavy atom. The van der Waals surface area contributed by atoms with Crippen molar-refractivity contribution >= 4 is 23.2 Å². The van der Waals surface area contributed by atoms with Gasteiger partial charge >= 0.3 is 0 Å². The van der Waals surface area contributed by atoms with Crippen LogP contribution in [0.1, 0.15) is 46.1 Å². The maximum absolute atomic E-state index is 12.8. The molecule has 2 amide bonds. The molecule has 1 saturated carbocycles. The van der Waals surface area contributed by atoms with Crippen LogP contribution in [0.25, 0.3) is 0 Å². The standard InChI is InChI=1S/C23H28N2O3/c1-5-28-19-12-10-18(11-13-19)25-21(27)23(14-15-23)20(26)24-17-8-6-16(7-9-17)22(2,3)4/h6-13H,5,14-15H2,1-4H3,(H,24,26)(H,25,27). The molecule has 5 heteroatoms. The Balaban J connectivity index is 1.63. The number of carbonyl (C=O) groups excluding carboxylic acids is 2. The number of nitrogens with one attached hydrogen (secondary N) is 2. The average Bonchev–Trinajstić information content (AvgIpc) is 3.45. The average molecular weight is 380 g/mol. The first-order chi connectivity index (χ1) is 13.2. The first-order valence-corrected chi connectivity index (χ1v) is 9.71. The van der Waals surface area contributed by atoms with E-state index >= 15 is 0 Å². The summed E-state index contributed by atoms with van der Waals surface area (Å²) in [5.74, 6) is 0.234. The monoisotopic (exact) mass is 380 g/mol. The minimum absolute atomic E-state index is 0.0534. The van der Waals surface area contributed by atoms with Gasteiger partial charge in [0.25, 0.3) is 0 Å². The summed E-state index contributed by atoms with van der Waals surface area (Å²) < 4.78 is 5.40. The van der Waals surface area contributed by atoms with E-state index in [4.69, 9.17) is 4.74 Å². The summed E-state index contributed by atoms with van der Waals surface area (Å²) in [5.41, 5.74) is 1.62. The summed E-state index contributed by atoms with van der Waals surface area (Å²) in [6.45, 7) is 8.94. The van der Waals surface area contributed by atoms with Crippen molar-refractivity contribution in [1.29, 1.82) is 0 Å². The summed E-state index contributed by atoms with van der Waals surface area (Å²) in [6.07, 6.45) is 1.11. The maximum atomic E-state index is 12.8. The van der Waals surface area contributed by atoms with Crippen LogP contribution in [-0.4, -0.2) is 18.4 Å². The van der Waals surface area contributed by atoms with Gasteiger partial charge in [0.15, 0.2) is 0 Å². The molecule has 0 radical (unpaired) electrons.